The van der Waals surface area contributed by atoms with Crippen molar-refractivity contribution in [3.05, 3.63) is 26.6 Å². The minimum Gasteiger partial charge on any atom is -0.464 e. The van der Waals surface area contributed by atoms with Crippen molar-refractivity contribution in [3.8, 4) is 0 Å². The molecule has 0 aromatic carbocycles. The van der Waals surface area contributed by atoms with E-state index in [1.165, 1.54) is 13.2 Å². The van der Waals surface area contributed by atoms with Gasteiger partial charge in [0.05, 0.1) is 12.8 Å². The Morgan fingerprint density at radius 3 is 2.75 bits per heavy atom. The molecule has 0 spiro atoms. The number of alkyl halides is 3. The number of nitrogens with zero attached hydrogens (tertiary/aromatic N) is 1. The highest BCUT2D eigenvalue weighted by molar-refractivity contribution is 14.1. The summed E-state index contributed by atoms with van der Waals surface area (Å²) in [6.45, 7) is 0. The fraction of sp³-hybridized carbons (Fsp3) is 0.333. The van der Waals surface area contributed by atoms with E-state index in [0.29, 0.717) is 3.57 Å². The molecular formula is C9H7BrF2INO2. The highest BCUT2D eigenvalue weighted by Gasteiger charge is 2.20. The van der Waals surface area contributed by atoms with E-state index < -0.39 is 12.4 Å². The van der Waals surface area contributed by atoms with Gasteiger partial charge in [-0.15, -0.1) is 0 Å². The molecule has 0 fully saturated rings. The van der Waals surface area contributed by atoms with Crippen LogP contribution in [0.4, 0.5) is 8.78 Å². The average Bonchev–Trinajstić information content (AvgIpc) is 2.27. The predicted molar refractivity (Wildman–Crippen MR) is 65.9 cm³/mol. The first-order valence-corrected chi connectivity index (χ1v) is 6.33. The lowest BCUT2D eigenvalue weighted by molar-refractivity contribution is 0.0591. The molecule has 88 valence electrons. The van der Waals surface area contributed by atoms with E-state index in [-0.39, 0.29) is 22.3 Å². The summed E-state index contributed by atoms with van der Waals surface area (Å²) < 4.78 is 30.1. The quantitative estimate of drug-likeness (QED) is 0.440. The van der Waals surface area contributed by atoms with Gasteiger partial charge in [0, 0.05) is 14.5 Å². The summed E-state index contributed by atoms with van der Waals surface area (Å²) in [6.07, 6.45) is -2.61. The number of hydrogen-bond donors (Lipinski definition) is 0. The van der Waals surface area contributed by atoms with Gasteiger partial charge >= 0.3 is 5.97 Å². The number of rotatable bonds is 3. The fourth-order valence-electron chi connectivity index (χ4n) is 1.08. The van der Waals surface area contributed by atoms with Crippen LogP contribution in [-0.4, -0.2) is 18.1 Å². The molecule has 0 saturated carbocycles. The third kappa shape index (κ3) is 2.88. The van der Waals surface area contributed by atoms with Crippen LogP contribution in [0.5, 0.6) is 0 Å². The number of ether oxygens (including phenoxy) is 1. The second kappa shape index (κ2) is 5.85. The van der Waals surface area contributed by atoms with Gasteiger partial charge in [0.1, 0.15) is 0 Å². The molecule has 0 radical (unpaired) electrons. The maximum Gasteiger partial charge on any atom is 0.357 e. The molecule has 1 aromatic heterocycles. The van der Waals surface area contributed by atoms with E-state index in [1.807, 2.05) is 0 Å². The normalized spacial score (nSPS) is 10.6. The minimum atomic E-state index is -2.61. The third-order valence-corrected chi connectivity index (χ3v) is 3.18. The van der Waals surface area contributed by atoms with Gasteiger partial charge in [-0.2, -0.15) is 0 Å². The van der Waals surface area contributed by atoms with Crippen LogP contribution in [0.25, 0.3) is 0 Å². The Bertz CT molecular complexity index is 415. The van der Waals surface area contributed by atoms with Gasteiger partial charge in [0.25, 0.3) is 6.43 Å². The fourth-order valence-corrected chi connectivity index (χ4v) is 2.20. The Morgan fingerprint density at radius 2 is 2.31 bits per heavy atom. The molecule has 0 saturated heterocycles. The lowest BCUT2D eigenvalue weighted by Gasteiger charge is -2.09. The standard InChI is InChI=1S/C9H7BrF2INO2/c1-16-9(15)7-5(13)2-4(8(11)12)6(3-10)14-7/h2,8H,3H2,1H3. The highest BCUT2D eigenvalue weighted by atomic mass is 127. The molecule has 1 rings (SSSR count). The SMILES string of the molecule is COC(=O)c1nc(CBr)c(C(F)F)cc1I. The highest BCUT2D eigenvalue weighted by Crippen LogP contribution is 2.26. The topological polar surface area (TPSA) is 39.2 Å². The first-order chi connectivity index (χ1) is 7.51. The Morgan fingerprint density at radius 1 is 1.69 bits per heavy atom. The Labute approximate surface area is 113 Å². The molecule has 0 atom stereocenters. The van der Waals surface area contributed by atoms with Crippen LogP contribution in [0.3, 0.4) is 0 Å². The summed E-state index contributed by atoms with van der Waals surface area (Å²) in [4.78, 5) is 15.2. The molecule has 16 heavy (non-hydrogen) atoms. The molecule has 1 heterocycles. The number of carbonyl (C=O) groups is 1. The van der Waals surface area contributed by atoms with Crippen LogP contribution < -0.4 is 0 Å². The van der Waals surface area contributed by atoms with Gasteiger partial charge in [-0.1, -0.05) is 15.9 Å². The van der Waals surface area contributed by atoms with Crippen molar-refractivity contribution in [3.63, 3.8) is 0 Å². The number of carbonyl (C=O) groups excluding carboxylic acids is 1. The van der Waals surface area contributed by atoms with Crippen LogP contribution in [-0.2, 0) is 10.1 Å². The average molecular weight is 406 g/mol. The first-order valence-electron chi connectivity index (χ1n) is 4.13. The van der Waals surface area contributed by atoms with E-state index in [1.54, 1.807) is 22.6 Å². The number of methoxy groups -OCH3 is 1. The molecule has 0 N–H and O–H groups in total. The number of halogens is 4. The van der Waals surface area contributed by atoms with Crippen molar-refractivity contribution in [1.82, 2.24) is 4.98 Å². The van der Waals surface area contributed by atoms with Crippen molar-refractivity contribution in [2.75, 3.05) is 7.11 Å². The maximum absolute atomic E-state index is 12.6. The smallest absolute Gasteiger partial charge is 0.357 e. The van der Waals surface area contributed by atoms with Gasteiger partial charge in [-0.3, -0.25) is 0 Å². The van der Waals surface area contributed by atoms with E-state index >= 15 is 0 Å². The second-order valence-corrected chi connectivity index (χ2v) is 4.50. The zero-order valence-electron chi connectivity index (χ0n) is 8.14. The van der Waals surface area contributed by atoms with Crippen molar-refractivity contribution in [2.24, 2.45) is 0 Å². The summed E-state index contributed by atoms with van der Waals surface area (Å²) in [5.74, 6) is -0.632. The number of aromatic nitrogens is 1. The predicted octanol–water partition coefficient (Wildman–Crippen LogP) is 3.31. The van der Waals surface area contributed by atoms with E-state index in [9.17, 15) is 13.6 Å². The molecule has 0 bridgehead atoms. The number of esters is 1. The van der Waals surface area contributed by atoms with E-state index in [0.717, 1.165) is 0 Å². The molecule has 7 heteroatoms. The molecule has 0 unspecified atom stereocenters. The summed E-state index contributed by atoms with van der Waals surface area (Å²) >= 11 is 4.83. The van der Waals surface area contributed by atoms with Crippen LogP contribution >= 0.6 is 38.5 Å². The Kier molecular flexibility index (Phi) is 5.03. The number of pyridine rings is 1. The minimum absolute atomic E-state index is 0.0574. The van der Waals surface area contributed by atoms with E-state index in [4.69, 9.17) is 0 Å². The molecule has 0 aliphatic rings. The van der Waals surface area contributed by atoms with Crippen LogP contribution in [0.1, 0.15) is 28.2 Å². The molecule has 0 aliphatic carbocycles. The Balaban J connectivity index is 3.31. The van der Waals surface area contributed by atoms with Crippen LogP contribution in [0, 0.1) is 3.57 Å². The zero-order valence-corrected chi connectivity index (χ0v) is 11.9. The van der Waals surface area contributed by atoms with Gasteiger partial charge < -0.3 is 4.74 Å². The lowest BCUT2D eigenvalue weighted by Crippen LogP contribution is -2.10. The van der Waals surface area contributed by atoms with Gasteiger partial charge in [0.2, 0.25) is 0 Å². The molecule has 0 amide bonds. The largest absolute Gasteiger partial charge is 0.464 e. The maximum atomic E-state index is 12.6. The van der Waals surface area contributed by atoms with Crippen molar-refractivity contribution in [1.29, 1.82) is 0 Å². The summed E-state index contributed by atoms with van der Waals surface area (Å²) in [7, 11) is 1.22. The number of hydrogen-bond acceptors (Lipinski definition) is 3. The molecule has 0 aliphatic heterocycles. The summed E-state index contributed by atoms with van der Waals surface area (Å²) in [6, 6.07) is 1.25. The first kappa shape index (κ1) is 13.8. The Hall–Kier alpha value is -0.310. The van der Waals surface area contributed by atoms with Crippen LogP contribution in [0.2, 0.25) is 0 Å². The van der Waals surface area contributed by atoms with Crippen molar-refractivity contribution < 1.29 is 18.3 Å². The third-order valence-electron chi connectivity index (χ3n) is 1.83. The van der Waals surface area contributed by atoms with E-state index in [2.05, 4.69) is 25.7 Å². The summed E-state index contributed by atoms with van der Waals surface area (Å²) in [5.41, 5.74) is 0.0340. The second-order valence-electron chi connectivity index (χ2n) is 2.78. The monoisotopic (exact) mass is 405 g/mol. The summed E-state index contributed by atoms with van der Waals surface area (Å²) in [5, 5.41) is 0.160. The van der Waals surface area contributed by atoms with Gasteiger partial charge in [0.15, 0.2) is 5.69 Å². The molecule has 1 aromatic rings. The lowest BCUT2D eigenvalue weighted by atomic mass is 10.2. The molecular weight excluding hydrogens is 399 g/mol. The van der Waals surface area contributed by atoms with Gasteiger partial charge in [-0.25, -0.2) is 18.6 Å². The van der Waals surface area contributed by atoms with Crippen molar-refractivity contribution in [2.45, 2.75) is 11.8 Å². The molecule has 3 nitrogen and oxygen atoms in total. The zero-order chi connectivity index (χ0) is 12.3. The van der Waals surface area contributed by atoms with Gasteiger partial charge in [-0.05, 0) is 28.7 Å². The van der Waals surface area contributed by atoms with Crippen molar-refractivity contribution >= 4 is 44.5 Å². The van der Waals surface area contributed by atoms with Crippen LogP contribution in [0.15, 0.2) is 6.07 Å².